The van der Waals surface area contributed by atoms with E-state index in [1.54, 1.807) is 10.7 Å². The molecule has 4 rings (SSSR count). The number of rotatable bonds is 4. The molecule has 132 valence electrons. The van der Waals surface area contributed by atoms with Gasteiger partial charge < -0.3 is 10.1 Å². The number of hydrogen-bond acceptors (Lipinski definition) is 4. The van der Waals surface area contributed by atoms with Gasteiger partial charge >= 0.3 is 0 Å². The van der Waals surface area contributed by atoms with Crippen molar-refractivity contribution < 1.29 is 9.53 Å². The SMILES string of the molecule is O=C(CCn1ncc(=O)c2ccccc21)NC1CCOc2ccccc21. The lowest BCUT2D eigenvalue weighted by Gasteiger charge is -2.26. The molecule has 2 aromatic carbocycles. The molecule has 1 atom stereocenters. The van der Waals surface area contributed by atoms with E-state index in [1.165, 1.54) is 6.20 Å². The van der Waals surface area contributed by atoms with Crippen molar-refractivity contribution in [3.63, 3.8) is 0 Å². The summed E-state index contributed by atoms with van der Waals surface area (Å²) in [6.07, 6.45) is 2.34. The third-order valence-electron chi connectivity index (χ3n) is 4.61. The molecule has 1 unspecified atom stereocenters. The van der Waals surface area contributed by atoms with Crippen LogP contribution in [-0.2, 0) is 11.3 Å². The van der Waals surface area contributed by atoms with Crippen LogP contribution in [0.15, 0.2) is 59.5 Å². The quantitative estimate of drug-likeness (QED) is 0.785. The highest BCUT2D eigenvalue weighted by molar-refractivity contribution is 5.79. The number of aromatic nitrogens is 2. The van der Waals surface area contributed by atoms with Crippen LogP contribution in [0.25, 0.3) is 10.9 Å². The summed E-state index contributed by atoms with van der Waals surface area (Å²) in [5, 5.41) is 7.86. The maximum Gasteiger partial charge on any atom is 0.222 e. The standard InChI is InChI=1S/C20H19N3O3/c24-18-13-21-23(17-7-3-1-6-15(17)18)11-9-20(25)22-16-10-12-26-19-8-4-2-5-14(16)19/h1-8,13,16H,9-12H2,(H,22,25). The van der Waals surface area contributed by atoms with Crippen LogP contribution in [0, 0.1) is 0 Å². The summed E-state index contributed by atoms with van der Waals surface area (Å²) in [5.74, 6) is 0.786. The number of nitrogens with one attached hydrogen (secondary N) is 1. The molecular formula is C20H19N3O3. The minimum absolute atomic E-state index is 0.0360. The molecule has 0 radical (unpaired) electrons. The number of para-hydroxylation sites is 2. The van der Waals surface area contributed by atoms with E-state index in [9.17, 15) is 9.59 Å². The third kappa shape index (κ3) is 3.18. The molecule has 1 amide bonds. The summed E-state index contributed by atoms with van der Waals surface area (Å²) >= 11 is 0. The van der Waals surface area contributed by atoms with E-state index in [1.807, 2.05) is 42.5 Å². The van der Waals surface area contributed by atoms with Crippen molar-refractivity contribution in [1.82, 2.24) is 15.1 Å². The van der Waals surface area contributed by atoms with Gasteiger partial charge in [0.15, 0.2) is 0 Å². The second-order valence-corrected chi connectivity index (χ2v) is 6.29. The van der Waals surface area contributed by atoms with Gasteiger partial charge in [-0.3, -0.25) is 14.3 Å². The highest BCUT2D eigenvalue weighted by Crippen LogP contribution is 2.31. The molecule has 0 spiro atoms. The molecule has 1 aromatic heterocycles. The van der Waals surface area contributed by atoms with Crippen LogP contribution < -0.4 is 15.5 Å². The molecule has 2 heterocycles. The third-order valence-corrected chi connectivity index (χ3v) is 4.61. The Kier molecular flexibility index (Phi) is 4.39. The van der Waals surface area contributed by atoms with Crippen LogP contribution in [0.5, 0.6) is 5.75 Å². The van der Waals surface area contributed by atoms with Crippen molar-refractivity contribution in [3.8, 4) is 5.75 Å². The van der Waals surface area contributed by atoms with E-state index in [4.69, 9.17) is 4.74 Å². The van der Waals surface area contributed by atoms with E-state index in [0.717, 1.165) is 23.3 Å². The smallest absolute Gasteiger partial charge is 0.222 e. The Hall–Kier alpha value is -3.15. The lowest BCUT2D eigenvalue weighted by Crippen LogP contribution is -2.32. The normalized spacial score (nSPS) is 15.9. The van der Waals surface area contributed by atoms with E-state index in [-0.39, 0.29) is 17.4 Å². The molecule has 1 aliphatic rings. The number of amides is 1. The Morgan fingerprint density at radius 2 is 2.00 bits per heavy atom. The Labute approximate surface area is 150 Å². The van der Waals surface area contributed by atoms with Gasteiger partial charge in [0, 0.05) is 23.8 Å². The minimum Gasteiger partial charge on any atom is -0.493 e. The van der Waals surface area contributed by atoms with Crippen LogP contribution in [-0.4, -0.2) is 22.3 Å². The monoisotopic (exact) mass is 349 g/mol. The number of carbonyl (C=O) groups excluding carboxylic acids is 1. The molecule has 6 nitrogen and oxygen atoms in total. The van der Waals surface area contributed by atoms with Crippen LogP contribution >= 0.6 is 0 Å². The number of ether oxygens (including phenoxy) is 1. The molecular weight excluding hydrogens is 330 g/mol. The van der Waals surface area contributed by atoms with E-state index in [2.05, 4.69) is 10.4 Å². The van der Waals surface area contributed by atoms with Gasteiger partial charge in [-0.1, -0.05) is 30.3 Å². The predicted octanol–water partition coefficient (Wildman–Crippen LogP) is 2.43. The van der Waals surface area contributed by atoms with Crippen molar-refractivity contribution >= 4 is 16.8 Å². The zero-order valence-electron chi connectivity index (χ0n) is 14.2. The topological polar surface area (TPSA) is 73.2 Å². The number of aryl methyl sites for hydroxylation is 1. The second-order valence-electron chi connectivity index (χ2n) is 6.29. The number of fused-ring (bicyclic) bond motifs is 2. The summed E-state index contributed by atoms with van der Waals surface area (Å²) in [4.78, 5) is 24.3. The lowest BCUT2D eigenvalue weighted by molar-refractivity contribution is -0.122. The molecule has 26 heavy (non-hydrogen) atoms. The van der Waals surface area contributed by atoms with E-state index >= 15 is 0 Å². The first-order valence-electron chi connectivity index (χ1n) is 8.68. The fourth-order valence-corrected chi connectivity index (χ4v) is 3.31. The van der Waals surface area contributed by atoms with Crippen molar-refractivity contribution in [1.29, 1.82) is 0 Å². The van der Waals surface area contributed by atoms with Crippen LogP contribution in [0.3, 0.4) is 0 Å². The average Bonchev–Trinajstić information content (AvgIpc) is 2.68. The fourth-order valence-electron chi connectivity index (χ4n) is 3.31. The number of benzene rings is 2. The van der Waals surface area contributed by atoms with Crippen molar-refractivity contribution in [2.75, 3.05) is 6.61 Å². The minimum atomic E-state index is -0.111. The average molecular weight is 349 g/mol. The largest absolute Gasteiger partial charge is 0.493 e. The molecule has 1 aliphatic heterocycles. The molecule has 0 fully saturated rings. The first kappa shape index (κ1) is 16.3. The summed E-state index contributed by atoms with van der Waals surface area (Å²) in [6.45, 7) is 1.01. The van der Waals surface area contributed by atoms with Crippen LogP contribution in [0.4, 0.5) is 0 Å². The Morgan fingerprint density at radius 1 is 1.19 bits per heavy atom. The molecule has 0 saturated heterocycles. The summed E-state index contributed by atoms with van der Waals surface area (Å²) in [6, 6.07) is 15.0. The first-order valence-corrected chi connectivity index (χ1v) is 8.68. The number of nitrogens with zero attached hydrogens (tertiary/aromatic N) is 2. The maximum absolute atomic E-state index is 12.4. The maximum atomic E-state index is 12.4. The predicted molar refractivity (Wildman–Crippen MR) is 98.1 cm³/mol. The van der Waals surface area contributed by atoms with Gasteiger partial charge in [-0.25, -0.2) is 0 Å². The summed E-state index contributed by atoms with van der Waals surface area (Å²) in [5.41, 5.74) is 1.64. The number of hydrogen-bond donors (Lipinski definition) is 1. The molecule has 3 aromatic rings. The molecule has 0 aliphatic carbocycles. The van der Waals surface area contributed by atoms with Crippen molar-refractivity contribution in [2.24, 2.45) is 0 Å². The second kappa shape index (κ2) is 7.00. The van der Waals surface area contributed by atoms with Crippen LogP contribution in [0.2, 0.25) is 0 Å². The van der Waals surface area contributed by atoms with Gasteiger partial charge in [0.25, 0.3) is 0 Å². The molecule has 0 bridgehead atoms. The van der Waals surface area contributed by atoms with Gasteiger partial charge in [0.1, 0.15) is 5.75 Å². The van der Waals surface area contributed by atoms with Gasteiger partial charge in [-0.05, 0) is 18.2 Å². The van der Waals surface area contributed by atoms with Gasteiger partial charge in [0.05, 0.1) is 30.9 Å². The van der Waals surface area contributed by atoms with E-state index in [0.29, 0.717) is 25.0 Å². The van der Waals surface area contributed by atoms with Crippen molar-refractivity contribution in [2.45, 2.75) is 25.4 Å². The van der Waals surface area contributed by atoms with Crippen LogP contribution in [0.1, 0.15) is 24.4 Å². The zero-order chi connectivity index (χ0) is 17.9. The fraction of sp³-hybridized carbons (Fsp3) is 0.250. The summed E-state index contributed by atoms with van der Waals surface area (Å²) in [7, 11) is 0. The first-order chi connectivity index (χ1) is 12.7. The van der Waals surface area contributed by atoms with Crippen molar-refractivity contribution in [3.05, 3.63) is 70.5 Å². The Balaban J connectivity index is 1.46. The van der Waals surface area contributed by atoms with Gasteiger partial charge in [0.2, 0.25) is 11.3 Å². The van der Waals surface area contributed by atoms with Gasteiger partial charge in [-0.2, -0.15) is 5.10 Å². The van der Waals surface area contributed by atoms with Gasteiger partial charge in [-0.15, -0.1) is 0 Å². The number of carbonyl (C=O) groups is 1. The molecule has 0 saturated carbocycles. The lowest BCUT2D eigenvalue weighted by atomic mass is 10.0. The Bertz CT molecular complexity index is 1010. The highest BCUT2D eigenvalue weighted by atomic mass is 16.5. The van der Waals surface area contributed by atoms with E-state index < -0.39 is 0 Å². The molecule has 1 N–H and O–H groups in total. The Morgan fingerprint density at radius 3 is 2.92 bits per heavy atom. The molecule has 6 heteroatoms. The highest BCUT2D eigenvalue weighted by Gasteiger charge is 2.22. The summed E-state index contributed by atoms with van der Waals surface area (Å²) < 4.78 is 7.33. The zero-order valence-corrected chi connectivity index (χ0v) is 14.2.